The topological polar surface area (TPSA) is 49.0 Å². The molecule has 102 valence electrons. The SMILES string of the molecule is CC[n+]1c2ccccc2nc2ccc(NCCO)cc21. The number of benzene rings is 2. The number of nitrogens with zero attached hydrogens (tertiary/aromatic N) is 2. The third kappa shape index (κ3) is 2.18. The molecule has 4 heteroatoms. The molecule has 3 rings (SSSR count). The number of hydrogen-bond donors (Lipinski definition) is 2. The van der Waals surface area contributed by atoms with E-state index in [2.05, 4.69) is 28.9 Å². The van der Waals surface area contributed by atoms with Crippen molar-refractivity contribution >= 4 is 27.8 Å². The van der Waals surface area contributed by atoms with Crippen LogP contribution in [0.5, 0.6) is 0 Å². The maximum absolute atomic E-state index is 8.90. The van der Waals surface area contributed by atoms with Crippen molar-refractivity contribution in [3.8, 4) is 0 Å². The van der Waals surface area contributed by atoms with Gasteiger partial charge in [-0.15, -0.1) is 0 Å². The number of hydrogen-bond acceptors (Lipinski definition) is 3. The van der Waals surface area contributed by atoms with Gasteiger partial charge >= 0.3 is 0 Å². The monoisotopic (exact) mass is 268 g/mol. The van der Waals surface area contributed by atoms with Crippen LogP contribution in [0.3, 0.4) is 0 Å². The fraction of sp³-hybridized carbons (Fsp3) is 0.250. The van der Waals surface area contributed by atoms with Gasteiger partial charge in [0.1, 0.15) is 17.6 Å². The molecular formula is C16H18N3O+. The van der Waals surface area contributed by atoms with Gasteiger partial charge in [0.05, 0.1) is 6.61 Å². The first-order valence-electron chi connectivity index (χ1n) is 6.90. The summed E-state index contributed by atoms with van der Waals surface area (Å²) in [6.45, 7) is 3.71. The van der Waals surface area contributed by atoms with Gasteiger partial charge in [0.2, 0.25) is 11.0 Å². The molecule has 0 atom stereocenters. The summed E-state index contributed by atoms with van der Waals surface area (Å²) in [7, 11) is 0. The number of aliphatic hydroxyl groups excluding tert-OH is 1. The lowest BCUT2D eigenvalue weighted by molar-refractivity contribution is -0.641. The van der Waals surface area contributed by atoms with Gasteiger partial charge in [0, 0.05) is 24.4 Å². The molecule has 2 aromatic carbocycles. The van der Waals surface area contributed by atoms with Crippen LogP contribution in [0.4, 0.5) is 5.69 Å². The van der Waals surface area contributed by atoms with Crippen LogP contribution >= 0.6 is 0 Å². The smallest absolute Gasteiger partial charge is 0.233 e. The van der Waals surface area contributed by atoms with Crippen molar-refractivity contribution in [2.75, 3.05) is 18.5 Å². The highest BCUT2D eigenvalue weighted by Crippen LogP contribution is 2.18. The van der Waals surface area contributed by atoms with Gasteiger partial charge in [-0.05, 0) is 25.1 Å². The van der Waals surface area contributed by atoms with Crippen LogP contribution in [-0.2, 0) is 6.54 Å². The molecule has 20 heavy (non-hydrogen) atoms. The Balaban J connectivity index is 2.24. The van der Waals surface area contributed by atoms with E-state index < -0.39 is 0 Å². The molecule has 3 aromatic rings. The molecule has 0 spiro atoms. The average molecular weight is 268 g/mol. The van der Waals surface area contributed by atoms with Crippen molar-refractivity contribution in [1.82, 2.24) is 4.98 Å². The Kier molecular flexibility index (Phi) is 3.48. The summed E-state index contributed by atoms with van der Waals surface area (Å²) in [6.07, 6.45) is 0. The van der Waals surface area contributed by atoms with Crippen LogP contribution in [0.2, 0.25) is 0 Å². The predicted molar refractivity (Wildman–Crippen MR) is 80.7 cm³/mol. The first-order chi connectivity index (χ1) is 9.83. The van der Waals surface area contributed by atoms with Crippen LogP contribution in [0.15, 0.2) is 42.5 Å². The summed E-state index contributed by atoms with van der Waals surface area (Å²) >= 11 is 0. The Morgan fingerprint density at radius 1 is 1.10 bits per heavy atom. The molecule has 0 fully saturated rings. The predicted octanol–water partition coefficient (Wildman–Crippen LogP) is 2.10. The van der Waals surface area contributed by atoms with E-state index in [1.165, 1.54) is 0 Å². The lowest BCUT2D eigenvalue weighted by Gasteiger charge is -2.07. The van der Waals surface area contributed by atoms with E-state index in [9.17, 15) is 0 Å². The Morgan fingerprint density at radius 3 is 2.70 bits per heavy atom. The number of anilines is 1. The minimum atomic E-state index is 0.127. The standard InChI is InChI=1S/C16H17N3O/c1-2-19-15-6-4-3-5-13(15)18-14-8-7-12(11-16(14)19)17-9-10-20/h3-8,11,20H,2,9-10H2,1H3/p+1. The van der Waals surface area contributed by atoms with Crippen molar-refractivity contribution in [2.45, 2.75) is 13.5 Å². The van der Waals surface area contributed by atoms with E-state index in [0.717, 1.165) is 34.3 Å². The second-order valence-electron chi connectivity index (χ2n) is 4.70. The van der Waals surface area contributed by atoms with Gasteiger partial charge in [-0.25, -0.2) is 4.98 Å². The summed E-state index contributed by atoms with van der Waals surface area (Å²) in [6, 6.07) is 14.3. The summed E-state index contributed by atoms with van der Waals surface area (Å²) in [5, 5.41) is 12.1. The molecule has 0 aliphatic heterocycles. The van der Waals surface area contributed by atoms with Crippen LogP contribution in [0.25, 0.3) is 22.1 Å². The second-order valence-corrected chi connectivity index (χ2v) is 4.70. The summed E-state index contributed by atoms with van der Waals surface area (Å²) in [5.74, 6) is 0. The van der Waals surface area contributed by atoms with E-state index in [-0.39, 0.29) is 6.61 Å². The van der Waals surface area contributed by atoms with Crippen LogP contribution in [0.1, 0.15) is 6.92 Å². The molecular weight excluding hydrogens is 250 g/mol. The van der Waals surface area contributed by atoms with E-state index in [0.29, 0.717) is 6.54 Å². The number of fused-ring (bicyclic) bond motifs is 2. The number of rotatable bonds is 4. The lowest BCUT2D eigenvalue weighted by atomic mass is 10.2. The Hall–Kier alpha value is -2.20. The quantitative estimate of drug-likeness (QED) is 0.563. The van der Waals surface area contributed by atoms with Crippen LogP contribution < -0.4 is 9.88 Å². The minimum absolute atomic E-state index is 0.127. The van der Waals surface area contributed by atoms with Crippen molar-refractivity contribution < 1.29 is 9.67 Å². The lowest BCUT2D eigenvalue weighted by Crippen LogP contribution is -2.34. The van der Waals surface area contributed by atoms with Crippen molar-refractivity contribution in [1.29, 1.82) is 0 Å². The first-order valence-corrected chi connectivity index (χ1v) is 6.90. The highest BCUT2D eigenvalue weighted by Gasteiger charge is 2.14. The van der Waals surface area contributed by atoms with E-state index in [1.54, 1.807) is 0 Å². The van der Waals surface area contributed by atoms with Crippen LogP contribution in [-0.4, -0.2) is 23.2 Å². The van der Waals surface area contributed by atoms with E-state index in [1.807, 2.05) is 30.3 Å². The summed E-state index contributed by atoms with van der Waals surface area (Å²) in [4.78, 5) is 4.71. The summed E-state index contributed by atoms with van der Waals surface area (Å²) < 4.78 is 2.27. The molecule has 0 amide bonds. The highest BCUT2D eigenvalue weighted by atomic mass is 16.3. The zero-order chi connectivity index (χ0) is 13.9. The minimum Gasteiger partial charge on any atom is -0.395 e. The first kappa shape index (κ1) is 12.8. The molecule has 1 heterocycles. The normalized spacial score (nSPS) is 11.1. The van der Waals surface area contributed by atoms with E-state index in [4.69, 9.17) is 10.1 Å². The number of aromatic nitrogens is 2. The van der Waals surface area contributed by atoms with Crippen LogP contribution in [0, 0.1) is 0 Å². The molecule has 4 nitrogen and oxygen atoms in total. The number of aryl methyl sites for hydroxylation is 1. The molecule has 0 saturated heterocycles. The Labute approximate surface area is 117 Å². The molecule has 0 radical (unpaired) electrons. The number of aliphatic hydroxyl groups is 1. The second kappa shape index (κ2) is 5.43. The largest absolute Gasteiger partial charge is 0.395 e. The molecule has 1 aromatic heterocycles. The molecule has 0 unspecified atom stereocenters. The third-order valence-electron chi connectivity index (χ3n) is 3.44. The fourth-order valence-electron chi connectivity index (χ4n) is 2.53. The van der Waals surface area contributed by atoms with Gasteiger partial charge in [-0.3, -0.25) is 0 Å². The third-order valence-corrected chi connectivity index (χ3v) is 3.44. The zero-order valence-corrected chi connectivity index (χ0v) is 11.5. The van der Waals surface area contributed by atoms with Gasteiger partial charge in [-0.1, -0.05) is 12.1 Å². The maximum atomic E-state index is 8.90. The molecule has 2 N–H and O–H groups in total. The number of nitrogens with one attached hydrogen (secondary N) is 1. The molecule has 0 aliphatic rings. The van der Waals surface area contributed by atoms with Crippen molar-refractivity contribution in [3.63, 3.8) is 0 Å². The molecule has 0 saturated carbocycles. The average Bonchev–Trinajstić information content (AvgIpc) is 2.50. The Bertz CT molecular complexity index is 755. The van der Waals surface area contributed by atoms with E-state index >= 15 is 0 Å². The highest BCUT2D eigenvalue weighted by molar-refractivity contribution is 5.83. The Morgan fingerprint density at radius 2 is 1.90 bits per heavy atom. The van der Waals surface area contributed by atoms with Gasteiger partial charge in [0.25, 0.3) is 0 Å². The fourth-order valence-corrected chi connectivity index (χ4v) is 2.53. The number of para-hydroxylation sites is 2. The maximum Gasteiger partial charge on any atom is 0.233 e. The zero-order valence-electron chi connectivity index (χ0n) is 11.5. The van der Waals surface area contributed by atoms with Crippen molar-refractivity contribution in [2.24, 2.45) is 0 Å². The van der Waals surface area contributed by atoms with Gasteiger partial charge < -0.3 is 10.4 Å². The van der Waals surface area contributed by atoms with Gasteiger partial charge in [0.15, 0.2) is 0 Å². The molecule has 0 aliphatic carbocycles. The van der Waals surface area contributed by atoms with Gasteiger partial charge in [-0.2, -0.15) is 4.57 Å². The summed E-state index contributed by atoms with van der Waals surface area (Å²) in [5.41, 5.74) is 5.25. The molecule has 0 bridgehead atoms. The van der Waals surface area contributed by atoms with Crippen molar-refractivity contribution in [3.05, 3.63) is 42.5 Å².